The van der Waals surface area contributed by atoms with Gasteiger partial charge in [0.2, 0.25) is 5.88 Å². The number of hydrogen-bond donors (Lipinski definition) is 2. The van der Waals surface area contributed by atoms with E-state index < -0.39 is 20.4 Å². The largest absolute Gasteiger partial charge is 0.479 e. The van der Waals surface area contributed by atoms with Crippen LogP contribution in [-0.2, 0) is 22.3 Å². The summed E-state index contributed by atoms with van der Waals surface area (Å²) in [7, 11) is -0.0860. The molecule has 0 aliphatic rings. The van der Waals surface area contributed by atoms with E-state index in [1.807, 2.05) is 18.5 Å². The number of carboxylic acid groups (broad SMARTS) is 1. The average molecular weight is 542 g/mol. The molecule has 0 saturated heterocycles. The van der Waals surface area contributed by atoms with Crippen molar-refractivity contribution in [3.63, 3.8) is 0 Å². The van der Waals surface area contributed by atoms with Crippen molar-refractivity contribution < 1.29 is 24.2 Å². The van der Waals surface area contributed by atoms with E-state index in [0.29, 0.717) is 25.6 Å². The van der Waals surface area contributed by atoms with Crippen LogP contribution in [0.4, 0.5) is 0 Å². The summed E-state index contributed by atoms with van der Waals surface area (Å²) in [5.41, 5.74) is 0.917. The lowest BCUT2D eigenvalue weighted by molar-refractivity contribution is -0.147. The van der Waals surface area contributed by atoms with Gasteiger partial charge in [-0.3, -0.25) is 9.58 Å². The van der Waals surface area contributed by atoms with Crippen molar-refractivity contribution in [2.24, 2.45) is 0 Å². The average Bonchev–Trinajstić information content (AvgIpc) is 2.81. The fraction of sp³-hybridized carbons (Fsp3) is 0.789. The van der Waals surface area contributed by atoms with Gasteiger partial charge in [0.15, 0.2) is 14.4 Å². The second-order valence-electron chi connectivity index (χ2n) is 9.12. The Labute approximate surface area is 188 Å². The van der Waals surface area contributed by atoms with Crippen molar-refractivity contribution in [3.05, 3.63) is 9.26 Å². The molecule has 10 heteroatoms. The number of halogens is 1. The molecule has 0 aliphatic carbocycles. The van der Waals surface area contributed by atoms with Gasteiger partial charge < -0.3 is 19.4 Å². The van der Waals surface area contributed by atoms with E-state index in [4.69, 9.17) is 14.3 Å². The molecule has 1 aromatic heterocycles. The molecule has 1 aromatic rings. The van der Waals surface area contributed by atoms with Gasteiger partial charge in [0.25, 0.3) is 0 Å². The van der Waals surface area contributed by atoms with Crippen LogP contribution in [-0.4, -0.2) is 71.6 Å². The number of likely N-dealkylation sites (N-methyl/N-ethyl adjacent to an activating group) is 1. The van der Waals surface area contributed by atoms with Crippen molar-refractivity contribution >= 4 is 36.9 Å². The third kappa shape index (κ3) is 7.81. The van der Waals surface area contributed by atoms with Crippen LogP contribution in [0.5, 0.6) is 5.88 Å². The molecule has 1 atom stereocenters. The summed E-state index contributed by atoms with van der Waals surface area (Å²) in [6.07, 6.45) is -1.43. The lowest BCUT2D eigenvalue weighted by Crippen LogP contribution is -2.41. The fourth-order valence-electron chi connectivity index (χ4n) is 2.38. The van der Waals surface area contributed by atoms with E-state index in [1.54, 1.807) is 11.9 Å². The van der Waals surface area contributed by atoms with Gasteiger partial charge >= 0.3 is 5.97 Å². The smallest absolute Gasteiger partial charge is 0.333 e. The van der Waals surface area contributed by atoms with Gasteiger partial charge in [-0.15, -0.1) is 5.10 Å². The van der Waals surface area contributed by atoms with Crippen LogP contribution in [0.15, 0.2) is 0 Å². The number of aliphatic carboxylic acids is 1. The van der Waals surface area contributed by atoms with Crippen molar-refractivity contribution in [1.82, 2.24) is 14.7 Å². The Kier molecular flexibility index (Phi) is 9.59. The predicted octanol–water partition coefficient (Wildman–Crippen LogP) is 3.17. The second-order valence-corrected chi connectivity index (χ2v) is 15.0. The van der Waals surface area contributed by atoms with Gasteiger partial charge in [0, 0.05) is 13.1 Å². The molecule has 29 heavy (non-hydrogen) atoms. The molecular weight excluding hydrogens is 505 g/mol. The van der Waals surface area contributed by atoms with E-state index in [9.17, 15) is 9.90 Å². The van der Waals surface area contributed by atoms with E-state index in [-0.39, 0.29) is 17.7 Å². The zero-order valence-electron chi connectivity index (χ0n) is 18.8. The lowest BCUT2D eigenvalue weighted by atomic mass is 10.2. The summed E-state index contributed by atoms with van der Waals surface area (Å²) in [5, 5.41) is 23.3. The van der Waals surface area contributed by atoms with Gasteiger partial charge in [-0.1, -0.05) is 20.8 Å². The summed E-state index contributed by atoms with van der Waals surface area (Å²) in [6.45, 7) is 16.5. The van der Waals surface area contributed by atoms with Gasteiger partial charge in [-0.05, 0) is 61.6 Å². The molecular formula is C19H36IN3O5Si. The molecule has 1 heterocycles. The molecule has 168 valence electrons. The van der Waals surface area contributed by atoms with Gasteiger partial charge in [-0.25, -0.2) is 4.79 Å². The maximum Gasteiger partial charge on any atom is 0.333 e. The number of aromatic nitrogens is 2. The topological polar surface area (TPSA) is 97.0 Å². The number of aliphatic hydroxyl groups is 1. The molecule has 0 fully saturated rings. The first-order valence-electron chi connectivity index (χ1n) is 9.81. The molecule has 0 aliphatic heterocycles. The summed E-state index contributed by atoms with van der Waals surface area (Å²) < 4.78 is 14.9. The first kappa shape index (κ1) is 26.3. The van der Waals surface area contributed by atoms with Crippen molar-refractivity contribution in [2.45, 2.75) is 78.0 Å². The third-order valence-corrected chi connectivity index (χ3v) is 10.7. The first-order chi connectivity index (χ1) is 13.2. The molecule has 0 spiro atoms. The highest BCUT2D eigenvalue weighted by molar-refractivity contribution is 14.1. The Morgan fingerprint density at radius 2 is 1.93 bits per heavy atom. The molecule has 0 unspecified atom stereocenters. The van der Waals surface area contributed by atoms with Crippen LogP contribution in [0, 0.1) is 3.57 Å². The van der Waals surface area contributed by atoms with Crippen LogP contribution in [0.3, 0.4) is 0 Å². The molecule has 0 saturated carbocycles. The highest BCUT2D eigenvalue weighted by Gasteiger charge is 2.37. The Bertz CT molecular complexity index is 688. The molecule has 0 amide bonds. The van der Waals surface area contributed by atoms with Crippen LogP contribution in [0.2, 0.25) is 18.1 Å². The second kappa shape index (κ2) is 10.6. The molecule has 0 aromatic carbocycles. The van der Waals surface area contributed by atoms with E-state index in [2.05, 4.69) is 61.6 Å². The van der Waals surface area contributed by atoms with Gasteiger partial charge in [-0.2, -0.15) is 0 Å². The van der Waals surface area contributed by atoms with E-state index >= 15 is 0 Å². The van der Waals surface area contributed by atoms with Crippen LogP contribution in [0.25, 0.3) is 0 Å². The minimum absolute atomic E-state index is 0.00485. The van der Waals surface area contributed by atoms with E-state index in [1.165, 1.54) is 0 Å². The van der Waals surface area contributed by atoms with Crippen molar-refractivity contribution in [3.8, 4) is 5.88 Å². The van der Waals surface area contributed by atoms with Crippen LogP contribution < -0.4 is 4.74 Å². The quantitative estimate of drug-likeness (QED) is 0.328. The first-order valence-corrected chi connectivity index (χ1v) is 13.8. The molecule has 1 rings (SSSR count). The number of aliphatic hydroxyl groups excluding tert-OH is 1. The zero-order chi connectivity index (χ0) is 22.6. The minimum atomic E-state index is -1.86. The Balaban J connectivity index is 2.98. The Morgan fingerprint density at radius 1 is 1.34 bits per heavy atom. The monoisotopic (exact) mass is 541 g/mol. The SMILES string of the molecule is CC(C)Oc1nn(CCO[Si](C)(C)C(C)(C)C)c(CN(C)C[C@H](O)C(=O)O)c1I. The maximum absolute atomic E-state index is 10.9. The predicted molar refractivity (Wildman–Crippen MR) is 124 cm³/mol. The van der Waals surface area contributed by atoms with Crippen molar-refractivity contribution in [1.29, 1.82) is 0 Å². The van der Waals surface area contributed by atoms with Crippen LogP contribution >= 0.6 is 22.6 Å². The number of rotatable bonds is 11. The maximum atomic E-state index is 10.9. The van der Waals surface area contributed by atoms with E-state index in [0.717, 1.165) is 9.26 Å². The standard InChI is InChI=1S/C19H36IN3O5Si/c1-13(2)28-17-16(20)14(11-22(6)12-15(24)18(25)26)23(21-17)9-10-27-29(7,8)19(3,4)5/h13,15,24H,9-12H2,1-8H3,(H,25,26)/t15-/m0/s1. The Hall–Kier alpha value is -0.693. The highest BCUT2D eigenvalue weighted by atomic mass is 127. The lowest BCUT2D eigenvalue weighted by Gasteiger charge is -2.36. The number of carbonyl (C=O) groups is 1. The molecule has 8 nitrogen and oxygen atoms in total. The summed E-state index contributed by atoms with van der Waals surface area (Å²) in [6, 6.07) is 0. The Morgan fingerprint density at radius 3 is 2.41 bits per heavy atom. The summed E-state index contributed by atoms with van der Waals surface area (Å²) in [4.78, 5) is 12.7. The molecule has 2 N–H and O–H groups in total. The van der Waals surface area contributed by atoms with Crippen LogP contribution in [0.1, 0.15) is 40.3 Å². The summed E-state index contributed by atoms with van der Waals surface area (Å²) >= 11 is 2.21. The van der Waals surface area contributed by atoms with Crippen molar-refractivity contribution in [2.75, 3.05) is 20.2 Å². The fourth-order valence-corrected chi connectivity index (χ4v) is 4.10. The molecule has 0 radical (unpaired) electrons. The highest BCUT2D eigenvalue weighted by Crippen LogP contribution is 2.36. The summed E-state index contributed by atoms with van der Waals surface area (Å²) in [5.74, 6) is -0.665. The minimum Gasteiger partial charge on any atom is -0.479 e. The zero-order valence-corrected chi connectivity index (χ0v) is 22.0. The number of nitrogens with zero attached hydrogens (tertiary/aromatic N) is 3. The number of carboxylic acids is 1. The normalized spacial score (nSPS) is 13.9. The van der Waals surface area contributed by atoms with Gasteiger partial charge in [0.05, 0.1) is 28.5 Å². The third-order valence-electron chi connectivity index (χ3n) is 5.07. The van der Waals surface area contributed by atoms with Gasteiger partial charge in [0.1, 0.15) is 0 Å². The number of ether oxygens (including phenoxy) is 1. The molecule has 0 bridgehead atoms. The number of hydrogen-bond acceptors (Lipinski definition) is 6.